The van der Waals surface area contributed by atoms with Crippen molar-refractivity contribution >= 4 is 40.2 Å². The van der Waals surface area contributed by atoms with Gasteiger partial charge >= 0.3 is 6.09 Å². The van der Waals surface area contributed by atoms with Gasteiger partial charge in [0.15, 0.2) is 11.4 Å². The molecule has 0 bridgehead atoms. The molecule has 2 amide bonds. The van der Waals surface area contributed by atoms with Crippen molar-refractivity contribution in [2.24, 2.45) is 17.3 Å². The Hall–Kier alpha value is -1.98. The Morgan fingerprint density at radius 3 is 2.50 bits per heavy atom. The molecular formula is C29H47N5O4S2. The number of hydrogen-bond acceptors (Lipinski definition) is 9. The largest absolute Gasteiger partial charge is 0.472 e. The van der Waals surface area contributed by atoms with Crippen LogP contribution in [0, 0.1) is 17.3 Å². The Balaban J connectivity index is 1.12. The Bertz CT molecular complexity index is 1040. The molecule has 4 rings (SSSR count). The molecule has 9 nitrogen and oxygen atoms in total. The van der Waals surface area contributed by atoms with Crippen LogP contribution in [0.3, 0.4) is 0 Å². The highest BCUT2D eigenvalue weighted by Gasteiger charge is 2.31. The van der Waals surface area contributed by atoms with E-state index >= 15 is 0 Å². The second-order valence-electron chi connectivity index (χ2n) is 12.8. The van der Waals surface area contributed by atoms with E-state index in [1.54, 1.807) is 11.8 Å². The van der Waals surface area contributed by atoms with Crippen molar-refractivity contribution in [1.29, 1.82) is 0 Å². The zero-order valence-corrected chi connectivity index (χ0v) is 26.6. The summed E-state index contributed by atoms with van der Waals surface area (Å²) >= 11 is 3.21. The van der Waals surface area contributed by atoms with Crippen LogP contribution in [-0.4, -0.2) is 77.1 Å². The minimum absolute atomic E-state index is 0.0211. The highest BCUT2D eigenvalue weighted by Crippen LogP contribution is 2.35. The van der Waals surface area contributed by atoms with E-state index < -0.39 is 5.60 Å². The Morgan fingerprint density at radius 2 is 1.85 bits per heavy atom. The zero-order chi connectivity index (χ0) is 28.9. The van der Waals surface area contributed by atoms with Crippen LogP contribution >= 0.6 is 23.1 Å². The van der Waals surface area contributed by atoms with Gasteiger partial charge in [0, 0.05) is 37.2 Å². The van der Waals surface area contributed by atoms with Crippen LogP contribution < -0.4 is 10.6 Å². The standard InChI is InChI=1S/C29H47N5O4S2/c1-7-29(5,6)22-16-30-23(37-22)19-39-24-17-31-26(40-24)32-25(35)21-10-12-33(13-11-21)18-20-8-14-34(15-9-20)27(36)38-28(2,3)4/h16-17,20-21,23,30H,7-15,18-19H2,1-6H3,(H,31,32,35). The molecule has 11 heteroatoms. The van der Waals surface area contributed by atoms with Crippen LogP contribution in [0.25, 0.3) is 0 Å². The highest BCUT2D eigenvalue weighted by atomic mass is 32.2. The molecule has 2 N–H and O–H groups in total. The first-order chi connectivity index (χ1) is 18.9. The van der Waals surface area contributed by atoms with Crippen LogP contribution in [0.1, 0.15) is 73.6 Å². The van der Waals surface area contributed by atoms with Crippen molar-refractivity contribution in [3.05, 3.63) is 18.2 Å². The van der Waals surface area contributed by atoms with Crippen LogP contribution in [-0.2, 0) is 14.3 Å². The second kappa shape index (κ2) is 13.3. The summed E-state index contributed by atoms with van der Waals surface area (Å²) in [7, 11) is 0. The van der Waals surface area contributed by atoms with Crippen molar-refractivity contribution in [3.8, 4) is 0 Å². The number of piperidine rings is 2. The molecule has 0 aromatic carbocycles. The van der Waals surface area contributed by atoms with Gasteiger partial charge in [-0.05, 0) is 71.9 Å². The predicted molar refractivity (Wildman–Crippen MR) is 161 cm³/mol. The van der Waals surface area contributed by atoms with Gasteiger partial charge in [0.05, 0.1) is 16.2 Å². The molecule has 1 aromatic heterocycles. The van der Waals surface area contributed by atoms with Crippen LogP contribution in [0.5, 0.6) is 0 Å². The molecule has 1 unspecified atom stereocenters. The van der Waals surface area contributed by atoms with Gasteiger partial charge in [-0.1, -0.05) is 32.1 Å². The summed E-state index contributed by atoms with van der Waals surface area (Å²) in [6.45, 7) is 16.7. The maximum Gasteiger partial charge on any atom is 0.410 e. The number of nitrogens with one attached hydrogen (secondary N) is 2. The lowest BCUT2D eigenvalue weighted by Gasteiger charge is -2.37. The monoisotopic (exact) mass is 593 g/mol. The van der Waals surface area contributed by atoms with E-state index in [0.29, 0.717) is 11.0 Å². The number of likely N-dealkylation sites (tertiary alicyclic amines) is 2. The van der Waals surface area contributed by atoms with Gasteiger partial charge < -0.3 is 29.9 Å². The van der Waals surface area contributed by atoms with Crippen LogP contribution in [0.4, 0.5) is 9.93 Å². The van der Waals surface area contributed by atoms with E-state index in [-0.39, 0.29) is 29.6 Å². The summed E-state index contributed by atoms with van der Waals surface area (Å²) < 4.78 is 12.7. The van der Waals surface area contributed by atoms with E-state index in [1.807, 2.05) is 38.1 Å². The number of amides is 2. The maximum atomic E-state index is 12.9. The number of aromatic nitrogens is 1. The van der Waals surface area contributed by atoms with E-state index in [0.717, 1.165) is 80.5 Å². The lowest BCUT2D eigenvalue weighted by atomic mass is 9.88. The quantitative estimate of drug-likeness (QED) is 0.349. The van der Waals surface area contributed by atoms with Gasteiger partial charge in [0.25, 0.3) is 0 Å². The molecule has 1 atom stereocenters. The minimum atomic E-state index is -0.456. The number of thiazole rings is 1. The number of carbonyl (C=O) groups is 2. The fourth-order valence-corrected chi connectivity index (χ4v) is 6.95. The fraction of sp³-hybridized carbons (Fsp3) is 0.759. The molecule has 0 radical (unpaired) electrons. The SMILES string of the molecule is CCC(C)(C)C1=CNC(CSc2cnc(NC(=O)C3CCN(CC4CCN(C(=O)OC(C)(C)C)CC4)CC3)s2)O1. The number of hydrogen-bond donors (Lipinski definition) is 2. The smallest absolute Gasteiger partial charge is 0.410 e. The first kappa shape index (κ1) is 31.0. The molecule has 0 aliphatic carbocycles. The normalized spacial score (nSPS) is 21.5. The third-order valence-electron chi connectivity index (χ3n) is 8.05. The Labute approximate surface area is 247 Å². The molecule has 0 saturated carbocycles. The van der Waals surface area contributed by atoms with Gasteiger partial charge in [-0.2, -0.15) is 0 Å². The lowest BCUT2D eigenvalue weighted by Crippen LogP contribution is -2.45. The average Bonchev–Trinajstić information content (AvgIpc) is 3.57. The van der Waals surface area contributed by atoms with Crippen molar-refractivity contribution in [1.82, 2.24) is 20.1 Å². The van der Waals surface area contributed by atoms with Gasteiger partial charge in [-0.3, -0.25) is 4.79 Å². The summed E-state index contributed by atoms with van der Waals surface area (Å²) in [6, 6.07) is 0. The summed E-state index contributed by atoms with van der Waals surface area (Å²) in [5.41, 5.74) is -0.423. The number of allylic oxidation sites excluding steroid dienone is 1. The predicted octanol–water partition coefficient (Wildman–Crippen LogP) is 5.76. The summed E-state index contributed by atoms with van der Waals surface area (Å²) in [4.78, 5) is 34.0. The Kier molecular flexibility index (Phi) is 10.3. The average molecular weight is 594 g/mol. The molecule has 3 aliphatic rings. The molecule has 2 saturated heterocycles. The fourth-order valence-electron chi connectivity index (χ4n) is 5.12. The molecule has 2 fully saturated rings. The molecule has 3 aliphatic heterocycles. The molecule has 40 heavy (non-hydrogen) atoms. The first-order valence-electron chi connectivity index (χ1n) is 14.6. The van der Waals surface area contributed by atoms with E-state index in [9.17, 15) is 9.59 Å². The maximum absolute atomic E-state index is 12.9. The van der Waals surface area contributed by atoms with E-state index in [2.05, 4.69) is 41.3 Å². The van der Waals surface area contributed by atoms with Crippen LogP contribution in [0.2, 0.25) is 0 Å². The molecule has 0 spiro atoms. The summed E-state index contributed by atoms with van der Waals surface area (Å²) in [6.07, 6.45) is 8.33. The van der Waals surface area contributed by atoms with Crippen LogP contribution in [0.15, 0.2) is 22.4 Å². The summed E-state index contributed by atoms with van der Waals surface area (Å²) in [5.74, 6) is 2.46. The van der Waals surface area contributed by atoms with Crippen molar-refractivity contribution in [3.63, 3.8) is 0 Å². The number of ether oxygens (including phenoxy) is 2. The molecule has 224 valence electrons. The van der Waals surface area contributed by atoms with Gasteiger partial charge in [0.2, 0.25) is 5.91 Å². The Morgan fingerprint density at radius 1 is 1.15 bits per heavy atom. The summed E-state index contributed by atoms with van der Waals surface area (Å²) in [5, 5.41) is 7.04. The van der Waals surface area contributed by atoms with Crippen molar-refractivity contribution in [2.45, 2.75) is 89.7 Å². The number of carbonyl (C=O) groups excluding carboxylic acids is 2. The molecule has 1 aromatic rings. The number of anilines is 1. The zero-order valence-electron chi connectivity index (χ0n) is 25.0. The number of thioether (sulfide) groups is 1. The highest BCUT2D eigenvalue weighted by molar-refractivity contribution is 8.01. The topological polar surface area (TPSA) is 96.0 Å². The van der Waals surface area contributed by atoms with Crippen molar-refractivity contribution in [2.75, 3.05) is 43.8 Å². The van der Waals surface area contributed by atoms with E-state index in [1.165, 1.54) is 11.3 Å². The third-order valence-corrected chi connectivity index (χ3v) is 10.2. The second-order valence-corrected chi connectivity index (χ2v) is 15.1. The number of rotatable bonds is 9. The van der Waals surface area contributed by atoms with Gasteiger partial charge in [0.1, 0.15) is 11.4 Å². The molecular weight excluding hydrogens is 546 g/mol. The number of nitrogens with zero attached hydrogens (tertiary/aromatic N) is 3. The van der Waals surface area contributed by atoms with Gasteiger partial charge in [-0.25, -0.2) is 9.78 Å². The lowest BCUT2D eigenvalue weighted by molar-refractivity contribution is -0.121. The third kappa shape index (κ3) is 8.76. The first-order valence-corrected chi connectivity index (χ1v) is 16.4. The van der Waals surface area contributed by atoms with E-state index in [4.69, 9.17) is 9.47 Å². The minimum Gasteiger partial charge on any atom is -0.472 e. The molecule has 4 heterocycles. The van der Waals surface area contributed by atoms with Gasteiger partial charge in [-0.15, -0.1) is 11.8 Å². The van der Waals surface area contributed by atoms with Crippen molar-refractivity contribution < 1.29 is 19.1 Å².